The van der Waals surface area contributed by atoms with Gasteiger partial charge in [-0.3, -0.25) is 9.69 Å². The Hall–Kier alpha value is -2.40. The quantitative estimate of drug-likeness (QED) is 0.371. The molecule has 1 aliphatic rings. The monoisotopic (exact) mass is 484 g/mol. The Bertz CT molecular complexity index is 1150. The number of benzene rings is 3. The molecule has 3 aromatic carbocycles. The normalized spacial score (nSPS) is 15.2. The molecule has 144 valence electrons. The van der Waals surface area contributed by atoms with E-state index in [1.807, 2.05) is 55.5 Å². The van der Waals surface area contributed by atoms with Crippen LogP contribution in [0.4, 0.5) is 5.69 Å². The summed E-state index contributed by atoms with van der Waals surface area (Å²) in [4.78, 5) is 19.6. The summed E-state index contributed by atoms with van der Waals surface area (Å²) in [7, 11) is 0. The fraction of sp³-hybridized carbons (Fsp3) is 0.0435. The summed E-state index contributed by atoms with van der Waals surface area (Å²) < 4.78 is 0.936. The number of hydrogen-bond acceptors (Lipinski definition) is 2. The number of aliphatic imine (C=N–C) groups is 1. The van der Waals surface area contributed by atoms with E-state index in [1.165, 1.54) is 0 Å². The maximum absolute atomic E-state index is 13.3. The Morgan fingerprint density at radius 1 is 0.966 bits per heavy atom. The number of aryl methyl sites for hydroxylation is 1. The predicted molar refractivity (Wildman–Crippen MR) is 124 cm³/mol. The molecule has 1 heterocycles. The van der Waals surface area contributed by atoms with Gasteiger partial charge in [-0.05, 0) is 55.0 Å². The van der Waals surface area contributed by atoms with E-state index in [4.69, 9.17) is 23.2 Å². The largest absolute Gasteiger partial charge is 0.282 e. The Kier molecular flexibility index (Phi) is 5.59. The third kappa shape index (κ3) is 4.15. The van der Waals surface area contributed by atoms with Gasteiger partial charge in [-0.2, -0.15) is 0 Å². The zero-order chi connectivity index (χ0) is 20.5. The maximum atomic E-state index is 13.3. The Morgan fingerprint density at radius 2 is 1.66 bits per heavy atom. The molecule has 0 atom stereocenters. The van der Waals surface area contributed by atoms with Crippen LogP contribution in [0.3, 0.4) is 0 Å². The van der Waals surface area contributed by atoms with Crippen molar-refractivity contribution in [1.29, 1.82) is 0 Å². The summed E-state index contributed by atoms with van der Waals surface area (Å²) in [6, 6.07) is 20.6. The molecule has 0 radical (unpaired) electrons. The van der Waals surface area contributed by atoms with Gasteiger partial charge in [0.1, 0.15) is 11.5 Å². The van der Waals surface area contributed by atoms with Crippen molar-refractivity contribution in [1.82, 2.24) is 0 Å². The highest BCUT2D eigenvalue weighted by Crippen LogP contribution is 2.30. The minimum absolute atomic E-state index is 0.214. The van der Waals surface area contributed by atoms with Crippen LogP contribution in [0.15, 0.2) is 81.9 Å². The van der Waals surface area contributed by atoms with Gasteiger partial charge >= 0.3 is 0 Å². The molecule has 0 bridgehead atoms. The molecule has 4 rings (SSSR count). The van der Waals surface area contributed by atoms with E-state index in [0.29, 0.717) is 27.1 Å². The van der Waals surface area contributed by atoms with Crippen molar-refractivity contribution in [3.63, 3.8) is 0 Å². The molecule has 29 heavy (non-hydrogen) atoms. The van der Waals surface area contributed by atoms with Crippen molar-refractivity contribution < 1.29 is 4.79 Å². The van der Waals surface area contributed by atoms with E-state index in [-0.39, 0.29) is 5.91 Å². The molecule has 3 nitrogen and oxygen atoms in total. The van der Waals surface area contributed by atoms with E-state index in [9.17, 15) is 4.79 Å². The predicted octanol–water partition coefficient (Wildman–Crippen LogP) is 6.90. The minimum Gasteiger partial charge on any atom is -0.266 e. The van der Waals surface area contributed by atoms with Gasteiger partial charge in [0.05, 0.1) is 5.69 Å². The van der Waals surface area contributed by atoms with Crippen LogP contribution in [0.1, 0.15) is 16.7 Å². The summed E-state index contributed by atoms with van der Waals surface area (Å²) in [6.07, 6.45) is 1.69. The molecule has 0 aromatic heterocycles. The maximum Gasteiger partial charge on any atom is 0.282 e. The highest BCUT2D eigenvalue weighted by Gasteiger charge is 2.32. The summed E-state index contributed by atoms with van der Waals surface area (Å²) in [5.41, 5.74) is 3.73. The van der Waals surface area contributed by atoms with Crippen molar-refractivity contribution >= 4 is 62.6 Å². The molecule has 0 saturated heterocycles. The molecule has 6 heteroatoms. The Balaban J connectivity index is 1.83. The standard InChI is InChI=1S/C23H15BrCl2N2O/c1-14-2-4-15(5-3-14)22-27-21(12-16-6-9-18(25)13-20(16)26)23(29)28(22)19-10-7-17(24)8-11-19/h2-13H,1H3/b21-12+. The van der Waals surface area contributed by atoms with Crippen LogP contribution < -0.4 is 4.90 Å². The van der Waals surface area contributed by atoms with E-state index >= 15 is 0 Å². The third-order valence-electron chi connectivity index (χ3n) is 4.51. The third-order valence-corrected chi connectivity index (χ3v) is 5.60. The molecule has 0 unspecified atom stereocenters. The second-order valence-corrected chi connectivity index (χ2v) is 8.37. The molecular formula is C23H15BrCl2N2O. The first-order chi connectivity index (χ1) is 13.9. The lowest BCUT2D eigenvalue weighted by Crippen LogP contribution is -2.32. The zero-order valence-corrected chi connectivity index (χ0v) is 18.5. The first-order valence-electron chi connectivity index (χ1n) is 8.85. The number of anilines is 1. The molecule has 3 aromatic rings. The average Bonchev–Trinajstić information content (AvgIpc) is 3.01. The van der Waals surface area contributed by atoms with Crippen molar-refractivity contribution in [3.05, 3.63) is 104 Å². The molecule has 0 N–H and O–H groups in total. The van der Waals surface area contributed by atoms with E-state index in [1.54, 1.807) is 29.2 Å². The van der Waals surface area contributed by atoms with Crippen molar-refractivity contribution in [3.8, 4) is 0 Å². The fourth-order valence-electron chi connectivity index (χ4n) is 3.01. The van der Waals surface area contributed by atoms with Crippen molar-refractivity contribution in [2.24, 2.45) is 4.99 Å². The molecule has 1 aliphatic heterocycles. The number of amides is 1. The minimum atomic E-state index is -0.214. The number of carbonyl (C=O) groups excluding carboxylic acids is 1. The van der Waals surface area contributed by atoms with Gasteiger partial charge < -0.3 is 0 Å². The van der Waals surface area contributed by atoms with Gasteiger partial charge in [-0.15, -0.1) is 0 Å². The number of nitrogens with zero attached hydrogens (tertiary/aromatic N) is 2. The Labute approximate surface area is 187 Å². The van der Waals surface area contributed by atoms with Crippen LogP contribution in [0.5, 0.6) is 0 Å². The lowest BCUT2D eigenvalue weighted by Gasteiger charge is -2.18. The van der Waals surface area contributed by atoms with Crippen LogP contribution in [-0.4, -0.2) is 11.7 Å². The lowest BCUT2D eigenvalue weighted by atomic mass is 10.1. The summed E-state index contributed by atoms with van der Waals surface area (Å²) in [6.45, 7) is 2.02. The lowest BCUT2D eigenvalue weighted by molar-refractivity contribution is -0.113. The molecule has 0 spiro atoms. The van der Waals surface area contributed by atoms with Gasteiger partial charge in [0.25, 0.3) is 5.91 Å². The first-order valence-corrected chi connectivity index (χ1v) is 10.4. The number of amidine groups is 1. The first kappa shape index (κ1) is 19.9. The van der Waals surface area contributed by atoms with Crippen LogP contribution in [-0.2, 0) is 4.79 Å². The second kappa shape index (κ2) is 8.15. The van der Waals surface area contributed by atoms with Gasteiger partial charge in [-0.25, -0.2) is 4.99 Å². The SMILES string of the molecule is Cc1ccc(C2=N/C(=C/c3ccc(Cl)cc3Cl)C(=O)N2c2ccc(Br)cc2)cc1. The summed E-state index contributed by atoms with van der Waals surface area (Å²) in [5, 5.41) is 1.00. The van der Waals surface area contributed by atoms with Crippen LogP contribution in [0.2, 0.25) is 10.0 Å². The molecule has 0 saturated carbocycles. The van der Waals surface area contributed by atoms with Crippen LogP contribution >= 0.6 is 39.1 Å². The summed E-state index contributed by atoms with van der Waals surface area (Å²) in [5.74, 6) is 0.363. The average molecular weight is 486 g/mol. The number of halogens is 3. The van der Waals surface area contributed by atoms with Crippen LogP contribution in [0, 0.1) is 6.92 Å². The van der Waals surface area contributed by atoms with Crippen molar-refractivity contribution in [2.45, 2.75) is 6.92 Å². The van der Waals surface area contributed by atoms with Crippen LogP contribution in [0.25, 0.3) is 6.08 Å². The number of carbonyl (C=O) groups is 1. The molecule has 0 fully saturated rings. The van der Waals surface area contributed by atoms with Crippen molar-refractivity contribution in [2.75, 3.05) is 4.90 Å². The highest BCUT2D eigenvalue weighted by atomic mass is 79.9. The van der Waals surface area contributed by atoms with Gasteiger partial charge in [-0.1, -0.05) is 75.0 Å². The van der Waals surface area contributed by atoms with Gasteiger partial charge in [0.15, 0.2) is 0 Å². The number of rotatable bonds is 3. The van der Waals surface area contributed by atoms with Gasteiger partial charge in [0, 0.05) is 20.1 Å². The Morgan fingerprint density at radius 3 is 2.31 bits per heavy atom. The number of hydrogen-bond donors (Lipinski definition) is 0. The zero-order valence-electron chi connectivity index (χ0n) is 15.4. The smallest absolute Gasteiger partial charge is 0.266 e. The van der Waals surface area contributed by atoms with Gasteiger partial charge in [0.2, 0.25) is 0 Å². The highest BCUT2D eigenvalue weighted by molar-refractivity contribution is 9.10. The topological polar surface area (TPSA) is 32.7 Å². The van der Waals surface area contributed by atoms with E-state index in [0.717, 1.165) is 21.3 Å². The summed E-state index contributed by atoms with van der Waals surface area (Å²) >= 11 is 15.7. The van der Waals surface area contributed by atoms with E-state index in [2.05, 4.69) is 20.9 Å². The molecule has 1 amide bonds. The molecular weight excluding hydrogens is 471 g/mol. The molecule has 0 aliphatic carbocycles. The van der Waals surface area contributed by atoms with E-state index < -0.39 is 0 Å². The second-order valence-electron chi connectivity index (χ2n) is 6.61. The fourth-order valence-corrected chi connectivity index (χ4v) is 3.74.